The number of fused-ring (bicyclic) bond motifs is 2. The van der Waals surface area contributed by atoms with Gasteiger partial charge in [-0.05, 0) is 54.6 Å². The Balaban J connectivity index is 1.19. The summed E-state index contributed by atoms with van der Waals surface area (Å²) >= 11 is 0. The molecule has 1 amide bonds. The molecule has 2 atom stereocenters. The first-order valence-electron chi connectivity index (χ1n) is 11.9. The topological polar surface area (TPSA) is 132 Å². The van der Waals surface area contributed by atoms with Gasteiger partial charge in [0.2, 0.25) is 5.88 Å². The highest BCUT2D eigenvalue weighted by Crippen LogP contribution is 2.36. The number of aromatic nitrogens is 2. The van der Waals surface area contributed by atoms with E-state index < -0.39 is 0 Å². The van der Waals surface area contributed by atoms with Crippen molar-refractivity contribution in [2.45, 2.75) is 37.8 Å². The van der Waals surface area contributed by atoms with Crippen LogP contribution in [0, 0.1) is 0 Å². The van der Waals surface area contributed by atoms with Crippen LogP contribution in [0.15, 0.2) is 47.7 Å². The Morgan fingerprint density at radius 2 is 2.06 bits per heavy atom. The maximum atomic E-state index is 12.5. The van der Waals surface area contributed by atoms with Gasteiger partial charge in [0.05, 0.1) is 36.4 Å². The quantitative estimate of drug-likeness (QED) is 0.171. The Kier molecular flexibility index (Phi) is 6.90. The fourth-order valence-electron chi connectivity index (χ4n) is 4.54. The number of hydrogen-bond acceptors (Lipinski definition) is 8. The summed E-state index contributed by atoms with van der Waals surface area (Å²) in [6.07, 6.45) is 4.05. The lowest BCUT2D eigenvalue weighted by atomic mass is 9.99. The van der Waals surface area contributed by atoms with Crippen LogP contribution >= 0.6 is 0 Å². The zero-order chi connectivity index (χ0) is 24.9. The minimum Gasteiger partial charge on any atom is -0.486 e. The maximum absolute atomic E-state index is 12.5. The summed E-state index contributed by atoms with van der Waals surface area (Å²) in [6, 6.07) is 10.5. The lowest BCUT2D eigenvalue weighted by molar-refractivity contribution is 0.135. The molecule has 1 aromatic carbocycles. The molecule has 2 aliphatic rings. The van der Waals surface area contributed by atoms with Crippen molar-refractivity contribution in [2.75, 3.05) is 31.8 Å². The zero-order valence-corrected chi connectivity index (χ0v) is 19.9. The van der Waals surface area contributed by atoms with E-state index in [0.717, 1.165) is 24.1 Å². The number of nitrogens with zero attached hydrogens (tertiary/aromatic N) is 6. The van der Waals surface area contributed by atoms with Crippen molar-refractivity contribution in [3.05, 3.63) is 58.6 Å². The first kappa shape index (κ1) is 23.5. The second-order valence-electron chi connectivity index (χ2n) is 8.57. The minimum absolute atomic E-state index is 0.212. The molecule has 0 radical (unpaired) electrons. The zero-order valence-electron chi connectivity index (χ0n) is 19.9. The predicted molar refractivity (Wildman–Crippen MR) is 131 cm³/mol. The van der Waals surface area contributed by atoms with Gasteiger partial charge in [-0.2, -0.15) is 0 Å². The number of anilines is 1. The molecule has 0 bridgehead atoms. The molecule has 2 aromatic heterocycles. The molecule has 5 rings (SSSR count). The van der Waals surface area contributed by atoms with E-state index in [0.29, 0.717) is 61.0 Å². The van der Waals surface area contributed by atoms with Crippen molar-refractivity contribution >= 4 is 22.8 Å². The van der Waals surface area contributed by atoms with Crippen LogP contribution in [0.5, 0.6) is 17.4 Å². The second-order valence-corrected chi connectivity index (χ2v) is 8.57. The molecule has 1 saturated heterocycles. The van der Waals surface area contributed by atoms with Crippen LogP contribution in [0.3, 0.4) is 0 Å². The van der Waals surface area contributed by atoms with Crippen LogP contribution in [-0.4, -0.2) is 49.0 Å². The highest BCUT2D eigenvalue weighted by Gasteiger charge is 2.32. The van der Waals surface area contributed by atoms with Crippen LogP contribution in [0.4, 0.5) is 10.5 Å². The summed E-state index contributed by atoms with van der Waals surface area (Å²) < 4.78 is 22.0. The summed E-state index contributed by atoms with van der Waals surface area (Å²) in [5.41, 5.74) is 12.1. The first-order valence-corrected chi connectivity index (χ1v) is 11.9. The van der Waals surface area contributed by atoms with E-state index in [4.69, 9.17) is 24.5 Å². The molecule has 4 heterocycles. The Labute approximate surface area is 207 Å². The number of methoxy groups -OCH3 is 1. The summed E-state index contributed by atoms with van der Waals surface area (Å²) in [4.78, 5) is 26.0. The van der Waals surface area contributed by atoms with Crippen molar-refractivity contribution < 1.29 is 23.7 Å². The number of ether oxygens (including phenoxy) is 4. The molecule has 0 saturated carbocycles. The van der Waals surface area contributed by atoms with E-state index >= 15 is 0 Å². The van der Waals surface area contributed by atoms with Gasteiger partial charge >= 0.3 is 6.09 Å². The average Bonchev–Trinajstić information content (AvgIpc) is 3.29. The SMILES string of the molecule is COc1ccc2nccc(C(CCCCC3CN(c4ccc5c(c4)OCCO5)C(=O)O3)N=[N+]=[N-])c2n1. The molecule has 186 valence electrons. The molecular weight excluding hydrogens is 464 g/mol. The molecule has 11 heteroatoms. The highest BCUT2D eigenvalue weighted by molar-refractivity contribution is 5.90. The molecule has 0 spiro atoms. The third-order valence-electron chi connectivity index (χ3n) is 6.31. The lowest BCUT2D eigenvalue weighted by Crippen LogP contribution is -2.25. The van der Waals surface area contributed by atoms with Crippen molar-refractivity contribution in [3.63, 3.8) is 0 Å². The Morgan fingerprint density at radius 1 is 1.19 bits per heavy atom. The van der Waals surface area contributed by atoms with Gasteiger partial charge in [0.1, 0.15) is 19.3 Å². The lowest BCUT2D eigenvalue weighted by Gasteiger charge is -2.21. The maximum Gasteiger partial charge on any atom is 0.414 e. The Bertz CT molecular complexity index is 1310. The van der Waals surface area contributed by atoms with Gasteiger partial charge in [0.25, 0.3) is 0 Å². The number of amides is 1. The number of cyclic esters (lactones) is 1. The highest BCUT2D eigenvalue weighted by atomic mass is 16.6. The van der Waals surface area contributed by atoms with Crippen LogP contribution in [0.25, 0.3) is 21.5 Å². The van der Waals surface area contributed by atoms with Gasteiger partial charge in [-0.1, -0.05) is 11.5 Å². The van der Waals surface area contributed by atoms with Gasteiger partial charge in [-0.3, -0.25) is 9.88 Å². The van der Waals surface area contributed by atoms with Crippen molar-refractivity contribution in [3.8, 4) is 17.4 Å². The van der Waals surface area contributed by atoms with E-state index in [2.05, 4.69) is 20.0 Å². The van der Waals surface area contributed by atoms with Crippen LogP contribution < -0.4 is 19.1 Å². The summed E-state index contributed by atoms with van der Waals surface area (Å²) in [5, 5.41) is 4.02. The fraction of sp³-hybridized carbons (Fsp3) is 0.400. The first-order chi connectivity index (χ1) is 17.7. The van der Waals surface area contributed by atoms with Gasteiger partial charge in [-0.15, -0.1) is 0 Å². The number of unbranched alkanes of at least 4 members (excludes halogenated alkanes) is 1. The normalized spacial score (nSPS) is 17.4. The van der Waals surface area contributed by atoms with Gasteiger partial charge in [-0.25, -0.2) is 9.78 Å². The number of carbonyl (C=O) groups is 1. The number of rotatable bonds is 9. The molecule has 2 unspecified atom stereocenters. The van der Waals surface area contributed by atoms with E-state index in [9.17, 15) is 4.79 Å². The number of azide groups is 1. The molecule has 1 fully saturated rings. The van der Waals surface area contributed by atoms with Gasteiger partial charge in [0, 0.05) is 23.2 Å². The number of benzene rings is 1. The van der Waals surface area contributed by atoms with E-state index in [1.807, 2.05) is 30.3 Å². The molecular formula is C25H26N6O5. The van der Waals surface area contributed by atoms with Crippen LogP contribution in [0.1, 0.15) is 37.3 Å². The van der Waals surface area contributed by atoms with Crippen LogP contribution in [0.2, 0.25) is 0 Å². The minimum atomic E-state index is -0.388. The van der Waals surface area contributed by atoms with Gasteiger partial charge < -0.3 is 18.9 Å². The summed E-state index contributed by atoms with van der Waals surface area (Å²) in [7, 11) is 1.56. The fourth-order valence-corrected chi connectivity index (χ4v) is 4.54. The smallest absolute Gasteiger partial charge is 0.414 e. The number of hydrogen-bond donors (Lipinski definition) is 0. The number of pyridine rings is 2. The average molecular weight is 491 g/mol. The third-order valence-corrected chi connectivity index (χ3v) is 6.31. The number of carbonyl (C=O) groups excluding carboxylic acids is 1. The Morgan fingerprint density at radius 3 is 2.89 bits per heavy atom. The van der Waals surface area contributed by atoms with E-state index in [1.54, 1.807) is 24.3 Å². The Hall–Kier alpha value is -4.24. The van der Waals surface area contributed by atoms with Crippen molar-refractivity contribution in [1.82, 2.24) is 9.97 Å². The van der Waals surface area contributed by atoms with Crippen molar-refractivity contribution in [1.29, 1.82) is 0 Å². The predicted octanol–water partition coefficient (Wildman–Crippen LogP) is 5.35. The molecule has 0 aliphatic carbocycles. The van der Waals surface area contributed by atoms with E-state index in [-0.39, 0.29) is 18.2 Å². The standard InChI is InChI=1S/C25H26N6O5/c1-33-23-9-7-20-24(28-23)18(10-11-27-20)19(29-30-26)5-3-2-4-17-15-31(25(32)36-17)16-6-8-21-22(14-16)35-13-12-34-21/h6-11,14,17,19H,2-5,12-13,15H2,1H3. The summed E-state index contributed by atoms with van der Waals surface area (Å²) in [6.45, 7) is 1.47. The van der Waals surface area contributed by atoms with Crippen LogP contribution in [-0.2, 0) is 4.74 Å². The van der Waals surface area contributed by atoms with Crippen molar-refractivity contribution in [2.24, 2.45) is 5.11 Å². The molecule has 0 N–H and O–H groups in total. The molecule has 11 nitrogen and oxygen atoms in total. The van der Waals surface area contributed by atoms with Gasteiger partial charge in [0.15, 0.2) is 11.5 Å². The second kappa shape index (κ2) is 10.6. The monoisotopic (exact) mass is 490 g/mol. The largest absolute Gasteiger partial charge is 0.486 e. The molecule has 3 aromatic rings. The van der Waals surface area contributed by atoms with E-state index in [1.165, 1.54) is 0 Å². The third kappa shape index (κ3) is 4.92. The molecule has 36 heavy (non-hydrogen) atoms. The summed E-state index contributed by atoms with van der Waals surface area (Å²) in [5.74, 6) is 1.79. The molecule has 2 aliphatic heterocycles.